The highest BCUT2D eigenvalue weighted by Crippen LogP contribution is 2.41. The van der Waals surface area contributed by atoms with E-state index < -0.39 is 24.0 Å². The van der Waals surface area contributed by atoms with Crippen LogP contribution in [-0.4, -0.2) is 34.2 Å². The fraction of sp³-hybridized carbons (Fsp3) is 0.444. The molecule has 0 bridgehead atoms. The summed E-state index contributed by atoms with van der Waals surface area (Å²) in [6.07, 6.45) is 14.8. The number of carboxylic acid groups (broad SMARTS) is 2. The Morgan fingerprint density at radius 2 is 1.31 bits per heavy atom. The van der Waals surface area contributed by atoms with E-state index in [0.717, 1.165) is 22.7 Å². The predicted octanol–water partition coefficient (Wildman–Crippen LogP) is 2.89. The van der Waals surface area contributed by atoms with E-state index in [-0.39, 0.29) is 11.8 Å². The number of carboxylic acids is 2. The Morgan fingerprint density at radius 1 is 0.923 bits per heavy atom. The first-order valence-electron chi connectivity index (χ1n) is 8.43. The average Bonchev–Trinajstić information content (AvgIpc) is 2.62. The van der Waals surface area contributed by atoms with Gasteiger partial charge >= 0.3 is 11.9 Å². The zero-order valence-corrected chi connectivity index (χ0v) is 15.9. The molecule has 0 saturated carbocycles. The van der Waals surface area contributed by atoms with E-state index in [1.807, 2.05) is 24.3 Å². The van der Waals surface area contributed by atoms with Gasteiger partial charge in [-0.15, -0.1) is 0 Å². The third kappa shape index (κ3) is 6.68. The number of nitrogens with two attached hydrogens (primary N) is 2. The first-order chi connectivity index (χ1) is 12.3. The quantitative estimate of drug-likeness (QED) is 0.438. The van der Waals surface area contributed by atoms with Gasteiger partial charge in [-0.25, -0.2) is 0 Å². The van der Waals surface area contributed by atoms with Crippen molar-refractivity contribution in [3.8, 4) is 0 Å². The maximum absolute atomic E-state index is 10.8. The fourth-order valence-electron chi connectivity index (χ4n) is 2.71. The van der Waals surface area contributed by atoms with E-state index in [1.54, 1.807) is 21.6 Å². The Balaban J connectivity index is 1.72. The number of hydrogen-bond acceptors (Lipinski definition) is 6. The zero-order valence-electron chi connectivity index (χ0n) is 14.3. The van der Waals surface area contributed by atoms with Gasteiger partial charge in [0.2, 0.25) is 0 Å². The van der Waals surface area contributed by atoms with Crippen molar-refractivity contribution in [3.05, 3.63) is 46.3 Å². The summed E-state index contributed by atoms with van der Waals surface area (Å²) >= 11 is 0. The van der Waals surface area contributed by atoms with E-state index in [1.165, 1.54) is 0 Å². The molecular weight excluding hydrogens is 372 g/mol. The van der Waals surface area contributed by atoms with Crippen molar-refractivity contribution in [2.45, 2.75) is 37.8 Å². The summed E-state index contributed by atoms with van der Waals surface area (Å²) in [6.45, 7) is 0. The van der Waals surface area contributed by atoms with Gasteiger partial charge in [0.1, 0.15) is 12.1 Å². The molecule has 4 unspecified atom stereocenters. The number of carbonyl (C=O) groups is 2. The van der Waals surface area contributed by atoms with Crippen LogP contribution in [0.5, 0.6) is 0 Å². The molecule has 0 aromatic heterocycles. The highest BCUT2D eigenvalue weighted by molar-refractivity contribution is 8.79. The van der Waals surface area contributed by atoms with Crippen molar-refractivity contribution in [3.63, 3.8) is 0 Å². The Kier molecular flexibility index (Phi) is 8.02. The molecule has 142 valence electrons. The molecule has 0 amide bonds. The van der Waals surface area contributed by atoms with Gasteiger partial charge in [-0.2, -0.15) is 0 Å². The van der Waals surface area contributed by atoms with Gasteiger partial charge in [-0.05, 0) is 37.5 Å². The summed E-state index contributed by atoms with van der Waals surface area (Å²) in [4.78, 5) is 23.9. The van der Waals surface area contributed by atoms with Crippen molar-refractivity contribution in [1.29, 1.82) is 0 Å². The van der Waals surface area contributed by atoms with Crippen molar-refractivity contribution in [1.82, 2.24) is 0 Å². The average molecular weight is 397 g/mol. The second-order valence-corrected chi connectivity index (χ2v) is 8.73. The van der Waals surface area contributed by atoms with Crippen LogP contribution in [0.25, 0.3) is 0 Å². The molecule has 0 fully saturated rings. The Morgan fingerprint density at radius 3 is 1.58 bits per heavy atom. The summed E-state index contributed by atoms with van der Waals surface area (Å²) in [5.41, 5.74) is 11.2. The molecule has 6 nitrogen and oxygen atoms in total. The molecule has 0 saturated heterocycles. The van der Waals surface area contributed by atoms with E-state index in [4.69, 9.17) is 21.7 Å². The highest BCUT2D eigenvalue weighted by atomic mass is 33.1. The van der Waals surface area contributed by atoms with Crippen LogP contribution in [0.15, 0.2) is 46.3 Å². The minimum Gasteiger partial charge on any atom is -0.480 e. The SMILES string of the molecule is NC(CC1C=CC(SSC2=CCC(CC(N)C(=O)O)C=C2)=CC1)C(=O)O. The van der Waals surface area contributed by atoms with Gasteiger partial charge in [0.25, 0.3) is 0 Å². The second kappa shape index (κ2) is 10.0. The maximum atomic E-state index is 10.8. The predicted molar refractivity (Wildman–Crippen MR) is 106 cm³/mol. The first-order valence-corrected chi connectivity index (χ1v) is 10.6. The summed E-state index contributed by atoms with van der Waals surface area (Å²) in [6, 6.07) is -1.64. The van der Waals surface area contributed by atoms with Crippen LogP contribution < -0.4 is 11.5 Å². The van der Waals surface area contributed by atoms with Gasteiger partial charge in [0, 0.05) is 9.81 Å². The minimum absolute atomic E-state index is 0.170. The van der Waals surface area contributed by atoms with Gasteiger partial charge in [-0.3, -0.25) is 9.59 Å². The Labute approximate surface area is 160 Å². The minimum atomic E-state index is -0.961. The smallest absolute Gasteiger partial charge is 0.320 e. The van der Waals surface area contributed by atoms with Gasteiger partial charge < -0.3 is 21.7 Å². The molecule has 2 aliphatic rings. The molecule has 0 aliphatic heterocycles. The lowest BCUT2D eigenvalue weighted by atomic mass is 9.94. The third-order valence-electron chi connectivity index (χ3n) is 4.29. The fourth-order valence-corrected chi connectivity index (χ4v) is 4.82. The second-order valence-electron chi connectivity index (χ2n) is 6.45. The molecule has 2 aliphatic carbocycles. The van der Waals surface area contributed by atoms with Crippen molar-refractivity contribution < 1.29 is 19.8 Å². The Hall–Kier alpha value is -1.48. The molecular formula is C18H24N2O4S2. The largest absolute Gasteiger partial charge is 0.480 e. The summed E-state index contributed by atoms with van der Waals surface area (Å²) in [7, 11) is 3.31. The van der Waals surface area contributed by atoms with Crippen LogP contribution in [0.4, 0.5) is 0 Å². The van der Waals surface area contributed by atoms with E-state index in [2.05, 4.69) is 12.2 Å². The maximum Gasteiger partial charge on any atom is 0.320 e. The monoisotopic (exact) mass is 396 g/mol. The molecule has 26 heavy (non-hydrogen) atoms. The van der Waals surface area contributed by atoms with Crippen LogP contribution in [0.1, 0.15) is 25.7 Å². The molecule has 0 radical (unpaired) electrons. The normalized spacial score (nSPS) is 24.5. The van der Waals surface area contributed by atoms with Crippen molar-refractivity contribution in [2.75, 3.05) is 0 Å². The molecule has 0 spiro atoms. The number of hydrogen-bond donors (Lipinski definition) is 4. The van der Waals surface area contributed by atoms with Gasteiger partial charge in [0.05, 0.1) is 0 Å². The molecule has 0 heterocycles. The topological polar surface area (TPSA) is 127 Å². The lowest BCUT2D eigenvalue weighted by molar-refractivity contribution is -0.139. The molecule has 2 rings (SSSR count). The highest BCUT2D eigenvalue weighted by Gasteiger charge is 2.20. The van der Waals surface area contributed by atoms with Crippen molar-refractivity contribution in [2.24, 2.45) is 23.3 Å². The molecule has 8 heteroatoms. The van der Waals surface area contributed by atoms with E-state index >= 15 is 0 Å². The number of allylic oxidation sites excluding steroid dienone is 6. The van der Waals surface area contributed by atoms with Crippen LogP contribution in [0.3, 0.4) is 0 Å². The lowest BCUT2D eigenvalue weighted by Gasteiger charge is -2.19. The standard InChI is InChI=1S/C18H24N2O4S2/c19-15(17(21)22)9-11-1-5-13(6-2-11)25-26-14-7-3-12(4-8-14)10-16(20)18(23)24/h1,3,5-8,11-12,15-16H,2,4,9-10,19-20H2,(H,21,22)(H,23,24). The van der Waals surface area contributed by atoms with Crippen LogP contribution in [-0.2, 0) is 9.59 Å². The number of aliphatic carboxylic acids is 2. The summed E-state index contributed by atoms with van der Waals surface area (Å²) in [5.74, 6) is -1.58. The lowest BCUT2D eigenvalue weighted by Crippen LogP contribution is -2.32. The third-order valence-corrected chi connectivity index (χ3v) is 6.77. The molecule has 0 aromatic rings. The number of rotatable bonds is 9. The van der Waals surface area contributed by atoms with E-state index in [0.29, 0.717) is 12.8 Å². The summed E-state index contributed by atoms with van der Waals surface area (Å²) < 4.78 is 0. The van der Waals surface area contributed by atoms with Crippen LogP contribution in [0.2, 0.25) is 0 Å². The van der Waals surface area contributed by atoms with Crippen LogP contribution >= 0.6 is 21.6 Å². The van der Waals surface area contributed by atoms with E-state index in [9.17, 15) is 9.59 Å². The van der Waals surface area contributed by atoms with Gasteiger partial charge in [-0.1, -0.05) is 58.0 Å². The molecule has 4 atom stereocenters. The van der Waals surface area contributed by atoms with Crippen molar-refractivity contribution >= 4 is 33.5 Å². The zero-order chi connectivity index (χ0) is 19.1. The van der Waals surface area contributed by atoms with Crippen LogP contribution in [0, 0.1) is 11.8 Å². The summed E-state index contributed by atoms with van der Waals surface area (Å²) in [5, 5.41) is 17.7. The Bertz CT molecular complexity index is 602. The molecule has 6 N–H and O–H groups in total. The molecule has 0 aromatic carbocycles. The van der Waals surface area contributed by atoms with Gasteiger partial charge in [0.15, 0.2) is 0 Å². The first kappa shape index (κ1) is 20.8.